The number of unbranched alkanes of at least 4 members (excludes halogenated alkanes) is 1. The second kappa shape index (κ2) is 7.95. The van der Waals surface area contributed by atoms with Gasteiger partial charge in [-0.1, -0.05) is 12.8 Å². The van der Waals surface area contributed by atoms with Crippen molar-refractivity contribution in [2.45, 2.75) is 57.9 Å². The highest BCUT2D eigenvalue weighted by Gasteiger charge is 2.21. The minimum Gasteiger partial charge on any atom is -0.481 e. The summed E-state index contributed by atoms with van der Waals surface area (Å²) < 4.78 is 0. The summed E-state index contributed by atoms with van der Waals surface area (Å²) in [5.74, 6) is -0.775. The first-order chi connectivity index (χ1) is 8.61. The molecule has 0 spiro atoms. The molecule has 1 aliphatic rings. The quantitative estimate of drug-likeness (QED) is 0.741. The fourth-order valence-corrected chi connectivity index (χ4v) is 2.27. The molecule has 1 aliphatic heterocycles. The minimum absolute atomic E-state index is 0.000255. The standard InChI is InChI=1S/C13H24N2O3/c1-11-7-3-2-6-10-15(11)13(18)14-9-5-4-8-12(16)17/h11H,2-10H2,1H3,(H,14,18)(H,16,17). The van der Waals surface area contributed by atoms with Gasteiger partial charge in [-0.25, -0.2) is 4.79 Å². The first-order valence-electron chi connectivity index (χ1n) is 6.87. The number of aliphatic carboxylic acids is 1. The Kier molecular flexibility index (Phi) is 6.54. The van der Waals surface area contributed by atoms with Gasteiger partial charge >= 0.3 is 12.0 Å². The minimum atomic E-state index is -0.775. The number of nitrogens with one attached hydrogen (secondary N) is 1. The number of urea groups is 1. The third kappa shape index (κ3) is 5.38. The van der Waals surface area contributed by atoms with Crippen LogP contribution in [0.15, 0.2) is 0 Å². The van der Waals surface area contributed by atoms with E-state index in [1.54, 1.807) is 0 Å². The Balaban J connectivity index is 2.20. The van der Waals surface area contributed by atoms with Gasteiger partial charge in [0.25, 0.3) is 0 Å². The van der Waals surface area contributed by atoms with E-state index in [2.05, 4.69) is 12.2 Å². The molecule has 0 aromatic carbocycles. The Morgan fingerprint density at radius 2 is 2.06 bits per heavy atom. The largest absolute Gasteiger partial charge is 0.481 e. The van der Waals surface area contributed by atoms with E-state index in [-0.39, 0.29) is 12.5 Å². The van der Waals surface area contributed by atoms with Crippen LogP contribution in [-0.4, -0.2) is 41.1 Å². The second-order valence-corrected chi connectivity index (χ2v) is 4.97. The Morgan fingerprint density at radius 3 is 2.78 bits per heavy atom. The van der Waals surface area contributed by atoms with Gasteiger partial charge in [-0.3, -0.25) is 4.79 Å². The number of hydrogen-bond acceptors (Lipinski definition) is 2. The third-order valence-electron chi connectivity index (χ3n) is 3.41. The molecule has 0 saturated carbocycles. The van der Waals surface area contributed by atoms with E-state index in [9.17, 15) is 9.59 Å². The summed E-state index contributed by atoms with van der Waals surface area (Å²) in [6, 6.07) is 0.311. The summed E-state index contributed by atoms with van der Waals surface area (Å²) in [5, 5.41) is 11.4. The van der Waals surface area contributed by atoms with Crippen molar-refractivity contribution in [2.75, 3.05) is 13.1 Å². The van der Waals surface area contributed by atoms with Crippen molar-refractivity contribution in [1.82, 2.24) is 10.2 Å². The van der Waals surface area contributed by atoms with Crippen molar-refractivity contribution in [3.63, 3.8) is 0 Å². The van der Waals surface area contributed by atoms with E-state index in [1.807, 2.05) is 4.90 Å². The van der Waals surface area contributed by atoms with E-state index < -0.39 is 5.97 Å². The predicted molar refractivity (Wildman–Crippen MR) is 69.5 cm³/mol. The van der Waals surface area contributed by atoms with Gasteiger partial charge in [0.1, 0.15) is 0 Å². The highest BCUT2D eigenvalue weighted by Crippen LogP contribution is 2.16. The van der Waals surface area contributed by atoms with Gasteiger partial charge in [0.05, 0.1) is 0 Å². The number of carboxylic acid groups (broad SMARTS) is 1. The number of carbonyl (C=O) groups excluding carboxylic acids is 1. The molecule has 0 bridgehead atoms. The maximum absolute atomic E-state index is 12.0. The third-order valence-corrected chi connectivity index (χ3v) is 3.41. The molecule has 104 valence electrons. The number of carbonyl (C=O) groups is 2. The fraction of sp³-hybridized carbons (Fsp3) is 0.846. The zero-order chi connectivity index (χ0) is 13.4. The van der Waals surface area contributed by atoms with Gasteiger partial charge in [0, 0.05) is 25.6 Å². The van der Waals surface area contributed by atoms with E-state index in [1.165, 1.54) is 12.8 Å². The van der Waals surface area contributed by atoms with Gasteiger partial charge < -0.3 is 15.3 Å². The molecule has 18 heavy (non-hydrogen) atoms. The van der Waals surface area contributed by atoms with Crippen molar-refractivity contribution in [1.29, 1.82) is 0 Å². The van der Waals surface area contributed by atoms with Crippen LogP contribution in [0.25, 0.3) is 0 Å². The monoisotopic (exact) mass is 256 g/mol. The highest BCUT2D eigenvalue weighted by atomic mass is 16.4. The topological polar surface area (TPSA) is 69.6 Å². The lowest BCUT2D eigenvalue weighted by Gasteiger charge is -2.27. The molecule has 0 radical (unpaired) electrons. The van der Waals surface area contributed by atoms with Crippen LogP contribution in [0.2, 0.25) is 0 Å². The number of rotatable bonds is 5. The first kappa shape index (κ1) is 14.8. The number of nitrogens with zero attached hydrogens (tertiary/aromatic N) is 1. The van der Waals surface area contributed by atoms with Crippen LogP contribution in [0.4, 0.5) is 4.79 Å². The summed E-state index contributed by atoms with van der Waals surface area (Å²) >= 11 is 0. The number of carboxylic acids is 1. The molecular formula is C13H24N2O3. The van der Waals surface area contributed by atoms with Crippen LogP contribution < -0.4 is 5.32 Å². The average molecular weight is 256 g/mol. The smallest absolute Gasteiger partial charge is 0.317 e. The Bertz CT molecular complexity index is 281. The second-order valence-electron chi connectivity index (χ2n) is 4.97. The van der Waals surface area contributed by atoms with Crippen LogP contribution in [0.3, 0.4) is 0 Å². The van der Waals surface area contributed by atoms with Gasteiger partial charge in [-0.2, -0.15) is 0 Å². The molecule has 1 rings (SSSR count). The highest BCUT2D eigenvalue weighted by molar-refractivity contribution is 5.74. The molecule has 0 aromatic heterocycles. The molecule has 2 amide bonds. The molecule has 1 heterocycles. The van der Waals surface area contributed by atoms with Crippen molar-refractivity contribution in [3.05, 3.63) is 0 Å². The maximum atomic E-state index is 12.0. The lowest BCUT2D eigenvalue weighted by molar-refractivity contribution is -0.137. The molecule has 5 heteroatoms. The number of amides is 2. The SMILES string of the molecule is CC1CCCCCN1C(=O)NCCCCC(=O)O. The molecule has 0 aromatic rings. The summed E-state index contributed by atoms with van der Waals surface area (Å²) in [6.45, 7) is 3.49. The van der Waals surface area contributed by atoms with Crippen molar-refractivity contribution >= 4 is 12.0 Å². The van der Waals surface area contributed by atoms with Crippen LogP contribution in [0, 0.1) is 0 Å². The van der Waals surface area contributed by atoms with Crippen LogP contribution in [0.1, 0.15) is 51.9 Å². The van der Waals surface area contributed by atoms with Crippen molar-refractivity contribution < 1.29 is 14.7 Å². The number of hydrogen-bond donors (Lipinski definition) is 2. The van der Waals surface area contributed by atoms with E-state index in [4.69, 9.17) is 5.11 Å². The molecule has 1 saturated heterocycles. The Morgan fingerprint density at radius 1 is 1.28 bits per heavy atom. The normalized spacial score (nSPS) is 20.3. The van der Waals surface area contributed by atoms with E-state index >= 15 is 0 Å². The molecule has 5 nitrogen and oxygen atoms in total. The van der Waals surface area contributed by atoms with Crippen molar-refractivity contribution in [3.8, 4) is 0 Å². The van der Waals surface area contributed by atoms with Crippen molar-refractivity contribution in [2.24, 2.45) is 0 Å². The maximum Gasteiger partial charge on any atom is 0.317 e. The molecule has 0 aliphatic carbocycles. The molecule has 1 atom stereocenters. The van der Waals surface area contributed by atoms with E-state index in [0.29, 0.717) is 19.0 Å². The number of likely N-dealkylation sites (tertiary alicyclic amines) is 1. The van der Waals surface area contributed by atoms with Crippen LogP contribution in [0.5, 0.6) is 0 Å². The summed E-state index contributed by atoms with van der Waals surface area (Å²) in [4.78, 5) is 24.2. The van der Waals surface area contributed by atoms with Gasteiger partial charge in [-0.15, -0.1) is 0 Å². The first-order valence-corrected chi connectivity index (χ1v) is 6.87. The summed E-state index contributed by atoms with van der Waals surface area (Å²) in [5.41, 5.74) is 0. The lowest BCUT2D eigenvalue weighted by atomic mass is 10.1. The zero-order valence-corrected chi connectivity index (χ0v) is 11.2. The average Bonchev–Trinajstić information content (AvgIpc) is 2.53. The molecule has 1 fully saturated rings. The fourth-order valence-electron chi connectivity index (χ4n) is 2.27. The zero-order valence-electron chi connectivity index (χ0n) is 11.2. The summed E-state index contributed by atoms with van der Waals surface area (Å²) in [6.07, 6.45) is 6.07. The molecular weight excluding hydrogens is 232 g/mol. The Labute approximate surface area is 109 Å². The predicted octanol–water partition coefficient (Wildman–Crippen LogP) is 2.22. The molecule has 2 N–H and O–H groups in total. The van der Waals surface area contributed by atoms with Gasteiger partial charge in [-0.05, 0) is 32.6 Å². The Hall–Kier alpha value is -1.26. The van der Waals surface area contributed by atoms with E-state index in [0.717, 1.165) is 25.8 Å². The van der Waals surface area contributed by atoms with Crippen LogP contribution >= 0.6 is 0 Å². The van der Waals surface area contributed by atoms with Crippen LogP contribution in [-0.2, 0) is 4.79 Å². The molecule has 1 unspecified atom stereocenters. The van der Waals surface area contributed by atoms with Gasteiger partial charge in [0.2, 0.25) is 0 Å². The lowest BCUT2D eigenvalue weighted by Crippen LogP contribution is -2.45. The van der Waals surface area contributed by atoms with Gasteiger partial charge in [0.15, 0.2) is 0 Å². The summed E-state index contributed by atoms with van der Waals surface area (Å²) in [7, 11) is 0.